The van der Waals surface area contributed by atoms with Crippen molar-refractivity contribution < 1.29 is 4.79 Å². The van der Waals surface area contributed by atoms with Crippen LogP contribution in [0.5, 0.6) is 0 Å². The van der Waals surface area contributed by atoms with E-state index in [0.717, 1.165) is 17.8 Å². The van der Waals surface area contributed by atoms with Crippen LogP contribution in [0.3, 0.4) is 0 Å². The van der Waals surface area contributed by atoms with E-state index in [4.69, 9.17) is 0 Å². The first-order chi connectivity index (χ1) is 10.1. The Morgan fingerprint density at radius 3 is 2.86 bits per heavy atom. The first-order valence-corrected chi connectivity index (χ1v) is 7.34. The second-order valence-electron chi connectivity index (χ2n) is 5.31. The Morgan fingerprint density at radius 1 is 1.33 bits per heavy atom. The summed E-state index contributed by atoms with van der Waals surface area (Å²) in [5.74, 6) is -0.0150. The largest absolute Gasteiger partial charge is 0.345 e. The Morgan fingerprint density at radius 2 is 2.14 bits per heavy atom. The number of anilines is 1. The minimum Gasteiger partial charge on any atom is -0.345 e. The third kappa shape index (κ3) is 4.46. The molecule has 0 aliphatic rings. The van der Waals surface area contributed by atoms with Crippen LogP contribution in [0.1, 0.15) is 31.0 Å². The van der Waals surface area contributed by atoms with Crippen molar-refractivity contribution in [2.24, 2.45) is 0 Å². The van der Waals surface area contributed by atoms with E-state index in [0.29, 0.717) is 12.6 Å². The Kier molecular flexibility index (Phi) is 5.17. The molecule has 1 heterocycles. The number of benzene rings is 1. The summed E-state index contributed by atoms with van der Waals surface area (Å²) in [4.78, 5) is 12.1. The molecule has 4 nitrogen and oxygen atoms in total. The maximum Gasteiger partial charge on any atom is 0.244 e. The van der Waals surface area contributed by atoms with Crippen LogP contribution in [-0.4, -0.2) is 17.0 Å². The Labute approximate surface area is 126 Å². The van der Waals surface area contributed by atoms with E-state index in [9.17, 15) is 4.79 Å². The number of hydrogen-bond donors (Lipinski definition) is 2. The Balaban J connectivity index is 1.94. The van der Waals surface area contributed by atoms with Gasteiger partial charge in [-0.05, 0) is 49.7 Å². The predicted molar refractivity (Wildman–Crippen MR) is 86.3 cm³/mol. The summed E-state index contributed by atoms with van der Waals surface area (Å²) in [5.41, 5.74) is 3.17. The normalized spacial score (nSPS) is 12.1. The zero-order valence-electron chi connectivity index (χ0n) is 12.9. The molecule has 0 aliphatic heterocycles. The van der Waals surface area contributed by atoms with Gasteiger partial charge in [-0.1, -0.05) is 19.1 Å². The van der Waals surface area contributed by atoms with Gasteiger partial charge in [-0.2, -0.15) is 0 Å². The van der Waals surface area contributed by atoms with E-state index in [1.807, 2.05) is 54.2 Å². The molecule has 4 heteroatoms. The molecular formula is C17H23N3O. The Bertz CT molecular complexity index is 604. The van der Waals surface area contributed by atoms with Crippen molar-refractivity contribution in [3.8, 4) is 0 Å². The van der Waals surface area contributed by atoms with E-state index in [1.54, 1.807) is 0 Å². The number of nitrogens with one attached hydrogen (secondary N) is 2. The minimum atomic E-state index is -0.0150. The highest BCUT2D eigenvalue weighted by molar-refractivity contribution is 5.90. The van der Waals surface area contributed by atoms with Crippen LogP contribution in [0.15, 0.2) is 42.7 Å². The number of carbonyl (C=O) groups is 1. The van der Waals surface area contributed by atoms with Crippen LogP contribution in [0, 0.1) is 6.92 Å². The number of amides is 1. The molecule has 2 N–H and O–H groups in total. The first kappa shape index (κ1) is 15.3. The van der Waals surface area contributed by atoms with Crippen LogP contribution in [0.4, 0.5) is 5.69 Å². The third-order valence-electron chi connectivity index (χ3n) is 3.41. The van der Waals surface area contributed by atoms with Crippen molar-refractivity contribution in [1.82, 2.24) is 9.88 Å². The van der Waals surface area contributed by atoms with Gasteiger partial charge in [0.05, 0.1) is 0 Å². The quantitative estimate of drug-likeness (QED) is 0.856. The first-order valence-electron chi connectivity index (χ1n) is 7.34. The molecule has 0 spiro atoms. The molecule has 1 aromatic heterocycles. The van der Waals surface area contributed by atoms with E-state index < -0.39 is 0 Å². The van der Waals surface area contributed by atoms with Crippen LogP contribution in [0.2, 0.25) is 0 Å². The van der Waals surface area contributed by atoms with Crippen LogP contribution >= 0.6 is 0 Å². The van der Waals surface area contributed by atoms with E-state index >= 15 is 0 Å². The summed E-state index contributed by atoms with van der Waals surface area (Å²) >= 11 is 0. The molecule has 0 aliphatic carbocycles. The van der Waals surface area contributed by atoms with Crippen molar-refractivity contribution in [3.05, 3.63) is 53.9 Å². The molecular weight excluding hydrogens is 262 g/mol. The van der Waals surface area contributed by atoms with Crippen LogP contribution in [0.25, 0.3) is 0 Å². The highest BCUT2D eigenvalue weighted by Crippen LogP contribution is 2.13. The average Bonchev–Trinajstić information content (AvgIpc) is 2.87. The minimum absolute atomic E-state index is 0.0150. The lowest BCUT2D eigenvalue weighted by molar-refractivity contribution is -0.116. The second-order valence-corrected chi connectivity index (χ2v) is 5.31. The summed E-state index contributed by atoms with van der Waals surface area (Å²) in [5, 5.41) is 6.28. The van der Waals surface area contributed by atoms with Gasteiger partial charge in [0.1, 0.15) is 6.54 Å². The molecule has 2 aromatic rings. The maximum atomic E-state index is 12.1. The summed E-state index contributed by atoms with van der Waals surface area (Å²) in [6.07, 6.45) is 3.96. The van der Waals surface area contributed by atoms with Crippen molar-refractivity contribution in [1.29, 1.82) is 0 Å². The van der Waals surface area contributed by atoms with E-state index in [1.165, 1.54) is 5.56 Å². The molecule has 1 amide bonds. The molecule has 1 aromatic carbocycles. The number of aromatic nitrogens is 1. The number of rotatable bonds is 6. The van der Waals surface area contributed by atoms with Gasteiger partial charge in [-0.25, -0.2) is 0 Å². The van der Waals surface area contributed by atoms with Gasteiger partial charge in [-0.15, -0.1) is 0 Å². The molecule has 0 bridgehead atoms. The molecule has 21 heavy (non-hydrogen) atoms. The van der Waals surface area contributed by atoms with Gasteiger partial charge < -0.3 is 15.2 Å². The van der Waals surface area contributed by atoms with E-state index in [-0.39, 0.29) is 5.91 Å². The number of hydrogen-bond acceptors (Lipinski definition) is 2. The standard InChI is InChI=1S/C17H23N3O/c1-4-18-14(3)15-8-9-20(11-15)12-17(21)19-16-7-5-6-13(2)10-16/h5-11,14,18H,4,12H2,1-3H3,(H,19,21). The van der Waals surface area contributed by atoms with Gasteiger partial charge in [0.25, 0.3) is 0 Å². The fraction of sp³-hybridized carbons (Fsp3) is 0.353. The molecule has 2 rings (SSSR count). The van der Waals surface area contributed by atoms with Crippen molar-refractivity contribution in [3.63, 3.8) is 0 Å². The lowest BCUT2D eigenvalue weighted by Crippen LogP contribution is -2.19. The van der Waals surface area contributed by atoms with Crippen LogP contribution < -0.4 is 10.6 Å². The smallest absolute Gasteiger partial charge is 0.244 e. The summed E-state index contributed by atoms with van der Waals surface area (Å²) < 4.78 is 1.91. The zero-order chi connectivity index (χ0) is 15.2. The molecule has 0 saturated carbocycles. The highest BCUT2D eigenvalue weighted by Gasteiger charge is 2.08. The van der Waals surface area contributed by atoms with E-state index in [2.05, 4.69) is 24.5 Å². The zero-order valence-corrected chi connectivity index (χ0v) is 12.9. The lowest BCUT2D eigenvalue weighted by atomic mass is 10.2. The van der Waals surface area contributed by atoms with Gasteiger partial charge in [0.15, 0.2) is 0 Å². The molecule has 112 valence electrons. The SMILES string of the molecule is CCNC(C)c1ccn(CC(=O)Nc2cccc(C)c2)c1. The summed E-state index contributed by atoms with van der Waals surface area (Å²) in [7, 11) is 0. The maximum absolute atomic E-state index is 12.1. The second kappa shape index (κ2) is 7.09. The van der Waals surface area contributed by atoms with Gasteiger partial charge in [0, 0.05) is 24.1 Å². The fourth-order valence-electron chi connectivity index (χ4n) is 2.33. The van der Waals surface area contributed by atoms with Gasteiger partial charge >= 0.3 is 0 Å². The number of aryl methyl sites for hydroxylation is 1. The van der Waals surface area contributed by atoms with Crippen molar-refractivity contribution in [2.45, 2.75) is 33.4 Å². The fourth-order valence-corrected chi connectivity index (χ4v) is 2.33. The van der Waals surface area contributed by atoms with Crippen molar-refractivity contribution in [2.75, 3.05) is 11.9 Å². The molecule has 0 fully saturated rings. The topological polar surface area (TPSA) is 46.1 Å². The summed E-state index contributed by atoms with van der Waals surface area (Å²) in [6.45, 7) is 7.47. The van der Waals surface area contributed by atoms with Crippen molar-refractivity contribution >= 4 is 11.6 Å². The molecule has 0 radical (unpaired) electrons. The third-order valence-corrected chi connectivity index (χ3v) is 3.41. The van der Waals surface area contributed by atoms with Gasteiger partial charge in [0.2, 0.25) is 5.91 Å². The molecule has 1 atom stereocenters. The molecule has 1 unspecified atom stereocenters. The highest BCUT2D eigenvalue weighted by atomic mass is 16.1. The Hall–Kier alpha value is -2.07. The number of carbonyl (C=O) groups excluding carboxylic acids is 1. The van der Waals surface area contributed by atoms with Crippen LogP contribution in [-0.2, 0) is 11.3 Å². The average molecular weight is 285 g/mol. The molecule has 0 saturated heterocycles. The monoisotopic (exact) mass is 285 g/mol. The number of nitrogens with zero attached hydrogens (tertiary/aromatic N) is 1. The lowest BCUT2D eigenvalue weighted by Gasteiger charge is -2.10. The predicted octanol–water partition coefficient (Wildman–Crippen LogP) is 3.11. The summed E-state index contributed by atoms with van der Waals surface area (Å²) in [6, 6.07) is 10.2. The van der Waals surface area contributed by atoms with Gasteiger partial charge in [-0.3, -0.25) is 4.79 Å².